The molecule has 1 unspecified atom stereocenters. The Labute approximate surface area is 232 Å². The Hall–Kier alpha value is -3.40. The molecule has 2 saturated heterocycles. The van der Waals surface area contributed by atoms with Crippen molar-refractivity contribution in [3.05, 3.63) is 64.7 Å². The van der Waals surface area contributed by atoms with Crippen molar-refractivity contribution in [1.82, 2.24) is 14.6 Å². The van der Waals surface area contributed by atoms with Crippen molar-refractivity contribution >= 4 is 63.0 Å². The maximum Gasteiger partial charge on any atom is 0.255 e. The van der Waals surface area contributed by atoms with Gasteiger partial charge in [-0.15, -0.1) is 0 Å². The lowest BCUT2D eigenvalue weighted by Crippen LogP contribution is -2.67. The third-order valence-corrected chi connectivity index (χ3v) is 7.35. The van der Waals surface area contributed by atoms with Gasteiger partial charge in [-0.05, 0) is 28.5 Å². The minimum atomic E-state index is -2.41. The van der Waals surface area contributed by atoms with Crippen LogP contribution in [0, 0.1) is 0 Å². The molecule has 14 heteroatoms. The Kier molecular flexibility index (Phi) is 6.95. The smallest absolute Gasteiger partial charge is 0.255 e. The number of nitrogens with zero attached hydrogens (tertiary/aromatic N) is 3. The van der Waals surface area contributed by atoms with Gasteiger partial charge >= 0.3 is 0 Å². The molecule has 0 N–H and O–H groups in total. The Morgan fingerprint density at radius 3 is 2.36 bits per heavy atom. The van der Waals surface area contributed by atoms with E-state index in [0.29, 0.717) is 31.0 Å². The summed E-state index contributed by atoms with van der Waals surface area (Å²) in [6.07, 6.45) is 0. The van der Waals surface area contributed by atoms with Crippen molar-refractivity contribution < 1.29 is 28.7 Å². The summed E-state index contributed by atoms with van der Waals surface area (Å²) in [4.78, 5) is 53.7. The number of hydrogen-bond acceptors (Lipinski definition) is 6. The molecule has 0 saturated carbocycles. The molecule has 2 aromatic rings. The van der Waals surface area contributed by atoms with Gasteiger partial charge < -0.3 is 24.1 Å². The van der Waals surface area contributed by atoms with Crippen molar-refractivity contribution in [3.8, 4) is 5.75 Å². The topological polar surface area (TPSA) is 96.5 Å². The number of fused-ring (bicyclic) bond motifs is 1. The molecule has 0 aliphatic carbocycles. The normalized spacial score (nSPS) is 22.3. The molecule has 0 bridgehead atoms. The largest absolute Gasteiger partial charge is 0.489 e. The molecule has 10 radical (unpaired) electrons. The number of carbonyl (C=O) groups is 4. The molecule has 9 nitrogen and oxygen atoms in total. The van der Waals surface area contributed by atoms with Gasteiger partial charge in [0.15, 0.2) is 0 Å². The average Bonchev–Trinajstić information content (AvgIpc) is 3.24. The standard InChI is InChI=1S/C25H20B5N3O6/c26-24(27)20(22(36)33(30)23(37)25(24,28)29)32-11-17-16(21(32)35)2-1-3-18(17)39-12-15-6-4-14(5-7-15)10-31-8-9-38-13-19(31)34/h1-7,20H,8-13H2. The fourth-order valence-electron chi connectivity index (χ4n) is 4.95. The first-order chi connectivity index (χ1) is 18.4. The number of rotatable bonds is 6. The number of imide groups is 1. The molecule has 5 rings (SSSR count). The van der Waals surface area contributed by atoms with Gasteiger partial charge in [0.2, 0.25) is 25.7 Å². The van der Waals surface area contributed by atoms with E-state index in [0.717, 1.165) is 16.0 Å². The summed E-state index contributed by atoms with van der Waals surface area (Å²) in [7, 11) is 29.6. The minimum absolute atomic E-state index is 0.0407. The lowest BCUT2D eigenvalue weighted by atomic mass is 9.26. The fourth-order valence-corrected chi connectivity index (χ4v) is 4.95. The van der Waals surface area contributed by atoms with Crippen molar-refractivity contribution in [1.29, 1.82) is 0 Å². The van der Waals surface area contributed by atoms with Crippen LogP contribution in [0.15, 0.2) is 42.5 Å². The van der Waals surface area contributed by atoms with Gasteiger partial charge in [-0.2, -0.15) is 0 Å². The summed E-state index contributed by atoms with van der Waals surface area (Å²) in [5, 5.41) is -4.71. The number of benzene rings is 2. The van der Waals surface area contributed by atoms with E-state index in [1.807, 2.05) is 24.3 Å². The van der Waals surface area contributed by atoms with E-state index in [2.05, 4.69) is 0 Å². The molecule has 2 fully saturated rings. The summed E-state index contributed by atoms with van der Waals surface area (Å²) in [6.45, 7) is 1.77. The van der Waals surface area contributed by atoms with E-state index in [-0.39, 0.29) is 36.0 Å². The van der Waals surface area contributed by atoms with Gasteiger partial charge in [-0.3, -0.25) is 19.2 Å². The molecule has 2 aromatic carbocycles. The van der Waals surface area contributed by atoms with Crippen LogP contribution >= 0.6 is 0 Å². The Bertz CT molecular complexity index is 1350. The summed E-state index contributed by atoms with van der Waals surface area (Å²) in [5.74, 6) is -2.35. The summed E-state index contributed by atoms with van der Waals surface area (Å²) < 4.78 is 11.2. The number of amides is 4. The van der Waals surface area contributed by atoms with Crippen LogP contribution in [-0.4, -0.2) is 103 Å². The Balaban J connectivity index is 1.31. The van der Waals surface area contributed by atoms with Crippen LogP contribution in [0.5, 0.6) is 5.75 Å². The lowest BCUT2D eigenvalue weighted by Gasteiger charge is -2.55. The van der Waals surface area contributed by atoms with Gasteiger partial charge in [0, 0.05) is 24.2 Å². The number of morpholine rings is 1. The second-order valence-electron chi connectivity index (χ2n) is 9.91. The molecule has 39 heavy (non-hydrogen) atoms. The maximum atomic E-state index is 13.3. The van der Waals surface area contributed by atoms with E-state index in [1.165, 1.54) is 0 Å². The van der Waals surface area contributed by atoms with Gasteiger partial charge in [0.05, 0.1) is 44.5 Å². The first-order valence-corrected chi connectivity index (χ1v) is 12.2. The quantitative estimate of drug-likeness (QED) is 0.376. The highest BCUT2D eigenvalue weighted by atomic mass is 16.5. The molecule has 4 amide bonds. The number of hydrogen-bond donors (Lipinski definition) is 0. The second kappa shape index (κ2) is 9.97. The van der Waals surface area contributed by atoms with E-state index in [9.17, 15) is 19.2 Å². The van der Waals surface area contributed by atoms with Crippen LogP contribution in [0.25, 0.3) is 0 Å². The third kappa shape index (κ3) is 4.58. The number of ether oxygens (including phenoxy) is 2. The minimum Gasteiger partial charge on any atom is -0.489 e. The van der Waals surface area contributed by atoms with Crippen molar-refractivity contribution in [3.63, 3.8) is 0 Å². The molecule has 1 atom stereocenters. The Morgan fingerprint density at radius 2 is 1.67 bits per heavy atom. The molecule has 0 aromatic heterocycles. The average molecular weight is 513 g/mol. The van der Waals surface area contributed by atoms with Crippen LogP contribution in [0.1, 0.15) is 27.0 Å². The van der Waals surface area contributed by atoms with Crippen LogP contribution < -0.4 is 4.74 Å². The molecular weight excluding hydrogens is 492 g/mol. The molecule has 3 aliphatic rings. The van der Waals surface area contributed by atoms with Crippen molar-refractivity contribution in [2.75, 3.05) is 19.8 Å². The predicted octanol–water partition coefficient (Wildman–Crippen LogP) is -0.692. The number of carbonyl (C=O) groups excluding carboxylic acids is 4. The van der Waals surface area contributed by atoms with E-state index in [4.69, 9.17) is 48.8 Å². The van der Waals surface area contributed by atoms with Crippen LogP contribution in [0.2, 0.25) is 10.4 Å². The molecule has 3 heterocycles. The maximum absolute atomic E-state index is 13.3. The van der Waals surface area contributed by atoms with Gasteiger partial charge in [-0.25, -0.2) is 0 Å². The zero-order valence-electron chi connectivity index (χ0n) is 21.0. The van der Waals surface area contributed by atoms with Gasteiger partial charge in [-0.1, -0.05) is 35.5 Å². The molecular formula is C25H20B5N3O6. The molecule has 186 valence electrons. The van der Waals surface area contributed by atoms with Crippen LogP contribution in [-0.2, 0) is 38.8 Å². The highest BCUT2D eigenvalue weighted by molar-refractivity contribution is 6.65. The predicted molar refractivity (Wildman–Crippen MR) is 143 cm³/mol. The van der Waals surface area contributed by atoms with Gasteiger partial charge in [0.25, 0.3) is 5.91 Å². The zero-order valence-corrected chi connectivity index (χ0v) is 21.0. The summed E-state index contributed by atoms with van der Waals surface area (Å²) >= 11 is 0. The highest BCUT2D eigenvalue weighted by Gasteiger charge is 2.58. The third-order valence-electron chi connectivity index (χ3n) is 7.35. The van der Waals surface area contributed by atoms with E-state index < -0.39 is 34.2 Å². The first kappa shape index (κ1) is 27.2. The SMILES string of the molecule is [B]N1C(=O)C(N2Cc3c(OCc4ccc(CN5CCOCC5=O)cc4)cccc3C2=O)C([B])([B])C([B])([B])C1=O. The summed E-state index contributed by atoms with van der Waals surface area (Å²) in [5.41, 5.74) is 2.63. The van der Waals surface area contributed by atoms with Crippen LogP contribution in [0.3, 0.4) is 0 Å². The monoisotopic (exact) mass is 513 g/mol. The first-order valence-electron chi connectivity index (χ1n) is 12.2. The Morgan fingerprint density at radius 1 is 0.974 bits per heavy atom. The van der Waals surface area contributed by atoms with E-state index >= 15 is 0 Å². The van der Waals surface area contributed by atoms with Gasteiger partial charge in [0.1, 0.15) is 25.0 Å². The van der Waals surface area contributed by atoms with E-state index in [1.54, 1.807) is 23.1 Å². The zero-order chi connectivity index (χ0) is 28.1. The van der Waals surface area contributed by atoms with Crippen LogP contribution in [0.4, 0.5) is 0 Å². The lowest BCUT2D eigenvalue weighted by molar-refractivity contribution is -0.147. The fraction of sp³-hybridized carbons (Fsp3) is 0.360. The molecule has 3 aliphatic heterocycles. The van der Waals surface area contributed by atoms with Crippen molar-refractivity contribution in [2.24, 2.45) is 0 Å². The second-order valence-corrected chi connectivity index (χ2v) is 9.91. The summed E-state index contributed by atoms with van der Waals surface area (Å²) in [6, 6.07) is 11.0. The highest BCUT2D eigenvalue weighted by Crippen LogP contribution is 2.52. The number of piperidine rings is 1. The van der Waals surface area contributed by atoms with Crippen molar-refractivity contribution in [2.45, 2.75) is 36.2 Å². The molecule has 0 spiro atoms.